The number of hydrogen-bond acceptors (Lipinski definition) is 1. The predicted molar refractivity (Wildman–Crippen MR) is 54.0 cm³/mol. The fourth-order valence-electron chi connectivity index (χ4n) is 1.70. The maximum Gasteiger partial charge on any atom is 0.126 e. The molecule has 0 aromatic heterocycles. The lowest BCUT2D eigenvalue weighted by Gasteiger charge is -2.24. The molecule has 1 N–H and O–H groups in total. The summed E-state index contributed by atoms with van der Waals surface area (Å²) in [6, 6.07) is 0. The van der Waals surface area contributed by atoms with Crippen LogP contribution in [-0.2, 0) is 0 Å². The van der Waals surface area contributed by atoms with E-state index in [2.05, 4.69) is 26.7 Å². The van der Waals surface area contributed by atoms with Gasteiger partial charge in [0.2, 0.25) is 0 Å². The molecule has 68 valence electrons. The number of hydrogen-bond donors (Lipinski definition) is 1. The minimum atomic E-state index is -0.704. The van der Waals surface area contributed by atoms with Crippen molar-refractivity contribution < 1.29 is 5.11 Å². The Morgan fingerprint density at radius 2 is 1.50 bits per heavy atom. The molecule has 12 heavy (non-hydrogen) atoms. The maximum atomic E-state index is 9.97. The first-order valence-electron chi connectivity index (χ1n) is 4.62. The summed E-state index contributed by atoms with van der Waals surface area (Å²) in [6.45, 7) is 0. The van der Waals surface area contributed by atoms with Crippen LogP contribution >= 0.6 is 15.9 Å². The highest BCUT2D eigenvalue weighted by Crippen LogP contribution is 2.25. The number of halogens is 1. The van der Waals surface area contributed by atoms with E-state index < -0.39 is 5.60 Å². The zero-order chi connectivity index (χ0) is 8.86. The van der Waals surface area contributed by atoms with E-state index in [9.17, 15) is 5.11 Å². The van der Waals surface area contributed by atoms with Gasteiger partial charge in [-0.2, -0.15) is 0 Å². The Balaban J connectivity index is 2.51. The molecule has 0 spiro atoms. The van der Waals surface area contributed by atoms with E-state index in [0.717, 1.165) is 25.7 Å². The van der Waals surface area contributed by atoms with Gasteiger partial charge >= 0.3 is 0 Å². The second kappa shape index (κ2) is 4.89. The van der Waals surface area contributed by atoms with Crippen molar-refractivity contribution in [2.75, 3.05) is 0 Å². The van der Waals surface area contributed by atoms with Crippen molar-refractivity contribution in [2.45, 2.75) is 50.5 Å². The molecule has 1 rings (SSSR count). The smallest absolute Gasteiger partial charge is 0.126 e. The Bertz CT molecular complexity index is 182. The molecule has 0 bridgehead atoms. The minimum absolute atomic E-state index is 0.704. The van der Waals surface area contributed by atoms with E-state index in [4.69, 9.17) is 0 Å². The van der Waals surface area contributed by atoms with E-state index in [0.29, 0.717) is 0 Å². The first-order valence-corrected chi connectivity index (χ1v) is 5.41. The monoisotopic (exact) mass is 230 g/mol. The van der Waals surface area contributed by atoms with E-state index in [1.807, 2.05) is 0 Å². The molecule has 1 nitrogen and oxygen atoms in total. The lowest BCUT2D eigenvalue weighted by molar-refractivity contribution is 0.0720. The van der Waals surface area contributed by atoms with Crippen LogP contribution in [0, 0.1) is 10.8 Å². The molecule has 1 aliphatic rings. The highest BCUT2D eigenvalue weighted by Gasteiger charge is 2.24. The van der Waals surface area contributed by atoms with Crippen molar-refractivity contribution in [3.63, 3.8) is 0 Å². The van der Waals surface area contributed by atoms with Gasteiger partial charge in [0.1, 0.15) is 5.60 Å². The Kier molecular flexibility index (Phi) is 4.11. The van der Waals surface area contributed by atoms with Gasteiger partial charge < -0.3 is 5.11 Å². The summed E-state index contributed by atoms with van der Waals surface area (Å²) in [6.07, 6.45) is 7.70. The molecule has 1 fully saturated rings. The third-order valence-corrected chi connectivity index (χ3v) is 2.66. The van der Waals surface area contributed by atoms with Gasteiger partial charge in [0.25, 0.3) is 0 Å². The number of aliphatic hydroxyl groups is 1. The Morgan fingerprint density at radius 3 is 2.00 bits per heavy atom. The lowest BCUT2D eigenvalue weighted by atomic mass is 9.88. The molecule has 0 amide bonds. The van der Waals surface area contributed by atoms with Crippen molar-refractivity contribution >= 4 is 15.9 Å². The zero-order valence-electron chi connectivity index (χ0n) is 7.27. The van der Waals surface area contributed by atoms with Crippen LogP contribution in [0.25, 0.3) is 0 Å². The van der Waals surface area contributed by atoms with Gasteiger partial charge in [0, 0.05) is 15.9 Å². The summed E-state index contributed by atoms with van der Waals surface area (Å²) in [5.41, 5.74) is -0.704. The SMILES string of the molecule is OC1(C#CBr)CCCCCCC1. The average molecular weight is 231 g/mol. The Hall–Kier alpha value is 0. The molecule has 0 heterocycles. The van der Waals surface area contributed by atoms with Crippen LogP contribution in [0.4, 0.5) is 0 Å². The van der Waals surface area contributed by atoms with Gasteiger partial charge in [-0.25, -0.2) is 0 Å². The molecular weight excluding hydrogens is 216 g/mol. The fourth-order valence-corrected chi connectivity index (χ4v) is 2.07. The molecule has 0 radical (unpaired) electrons. The number of rotatable bonds is 0. The van der Waals surface area contributed by atoms with Crippen LogP contribution < -0.4 is 0 Å². The fraction of sp³-hybridized carbons (Fsp3) is 0.800. The molecule has 0 saturated heterocycles. The highest BCUT2D eigenvalue weighted by atomic mass is 79.9. The maximum absolute atomic E-state index is 9.97. The lowest BCUT2D eigenvalue weighted by Crippen LogP contribution is -2.27. The third-order valence-electron chi connectivity index (χ3n) is 2.46. The topological polar surface area (TPSA) is 20.2 Å². The van der Waals surface area contributed by atoms with Crippen molar-refractivity contribution in [3.8, 4) is 10.8 Å². The van der Waals surface area contributed by atoms with Gasteiger partial charge in [-0.3, -0.25) is 0 Å². The predicted octanol–water partition coefficient (Wildman–Crippen LogP) is 2.82. The van der Waals surface area contributed by atoms with Gasteiger partial charge in [-0.1, -0.05) is 25.2 Å². The second-order valence-electron chi connectivity index (χ2n) is 3.52. The van der Waals surface area contributed by atoms with Crippen LogP contribution in [0.2, 0.25) is 0 Å². The summed E-state index contributed by atoms with van der Waals surface area (Å²) < 4.78 is 0. The van der Waals surface area contributed by atoms with Crippen LogP contribution in [0.15, 0.2) is 0 Å². The van der Waals surface area contributed by atoms with Gasteiger partial charge in [0.05, 0.1) is 0 Å². The van der Waals surface area contributed by atoms with E-state index in [1.54, 1.807) is 0 Å². The Morgan fingerprint density at radius 1 is 1.00 bits per heavy atom. The summed E-state index contributed by atoms with van der Waals surface area (Å²) >= 11 is 3.04. The Labute approximate surface area is 82.7 Å². The van der Waals surface area contributed by atoms with E-state index >= 15 is 0 Å². The van der Waals surface area contributed by atoms with Crippen molar-refractivity contribution in [2.24, 2.45) is 0 Å². The van der Waals surface area contributed by atoms with E-state index in [-0.39, 0.29) is 0 Å². The molecule has 0 aromatic carbocycles. The van der Waals surface area contributed by atoms with Crippen molar-refractivity contribution in [1.82, 2.24) is 0 Å². The molecule has 2 heteroatoms. The minimum Gasteiger partial charge on any atom is -0.378 e. The molecule has 1 aliphatic carbocycles. The molecule has 0 unspecified atom stereocenters. The van der Waals surface area contributed by atoms with E-state index in [1.165, 1.54) is 19.3 Å². The van der Waals surface area contributed by atoms with Crippen LogP contribution in [0.3, 0.4) is 0 Å². The molecule has 1 saturated carbocycles. The molecule has 0 aromatic rings. The normalized spacial score (nSPS) is 23.2. The van der Waals surface area contributed by atoms with Gasteiger partial charge in [-0.15, -0.1) is 0 Å². The largest absolute Gasteiger partial charge is 0.378 e. The average Bonchev–Trinajstić information content (AvgIpc) is 1.99. The van der Waals surface area contributed by atoms with Crippen LogP contribution in [0.5, 0.6) is 0 Å². The molecular formula is C10H15BrO. The second-order valence-corrected chi connectivity index (χ2v) is 3.92. The first kappa shape index (κ1) is 10.1. The van der Waals surface area contributed by atoms with Gasteiger partial charge in [0.15, 0.2) is 0 Å². The van der Waals surface area contributed by atoms with Gasteiger partial charge in [-0.05, 0) is 30.5 Å². The molecule has 0 aliphatic heterocycles. The quantitative estimate of drug-likeness (QED) is 0.635. The third kappa shape index (κ3) is 3.16. The van der Waals surface area contributed by atoms with Crippen molar-refractivity contribution in [1.29, 1.82) is 0 Å². The van der Waals surface area contributed by atoms with Crippen molar-refractivity contribution in [3.05, 3.63) is 0 Å². The summed E-state index contributed by atoms with van der Waals surface area (Å²) in [5, 5.41) is 9.97. The zero-order valence-corrected chi connectivity index (χ0v) is 8.86. The first-order chi connectivity index (χ1) is 5.77. The van der Waals surface area contributed by atoms with Crippen LogP contribution in [-0.4, -0.2) is 10.7 Å². The highest BCUT2D eigenvalue weighted by molar-refractivity contribution is 9.12. The standard InChI is InChI=1S/C10H15BrO/c11-9-8-10(12)6-4-2-1-3-5-7-10/h12H,1-7H2. The summed E-state index contributed by atoms with van der Waals surface area (Å²) in [7, 11) is 0. The summed E-state index contributed by atoms with van der Waals surface area (Å²) in [4.78, 5) is 2.64. The molecule has 0 atom stereocenters. The van der Waals surface area contributed by atoms with Crippen LogP contribution in [0.1, 0.15) is 44.9 Å². The summed E-state index contributed by atoms with van der Waals surface area (Å²) in [5.74, 6) is 2.85.